The summed E-state index contributed by atoms with van der Waals surface area (Å²) in [6, 6.07) is 29.0. The van der Waals surface area contributed by atoms with Crippen molar-refractivity contribution in [3.63, 3.8) is 0 Å². The number of allylic oxidation sites excluding steroid dienone is 4. The smallest absolute Gasteiger partial charge is 0.356 e. The molecule has 1 N–H and O–H groups in total. The van der Waals surface area contributed by atoms with Crippen molar-refractivity contribution in [2.45, 2.75) is 72.8 Å². The number of halogens is 1. The molecule has 2 aliphatic rings. The molecule has 56 heavy (non-hydrogen) atoms. The number of aromatic nitrogens is 2. The first-order valence-electron chi connectivity index (χ1n) is 19.2. The summed E-state index contributed by atoms with van der Waals surface area (Å²) in [6.07, 6.45) is 5.63. The number of aromatic hydroxyl groups is 1. The number of ether oxygens (including phenoxy) is 3. The highest BCUT2D eigenvalue weighted by molar-refractivity contribution is 5.96. The molecule has 0 aliphatic heterocycles. The van der Waals surface area contributed by atoms with Gasteiger partial charge in [0.25, 0.3) is 0 Å². The van der Waals surface area contributed by atoms with Gasteiger partial charge >= 0.3 is 11.9 Å². The Morgan fingerprint density at radius 2 is 1.14 bits per heavy atom. The number of hydrogen-bond donors (Lipinski definition) is 1. The van der Waals surface area contributed by atoms with Crippen LogP contribution in [-0.2, 0) is 16.1 Å². The average Bonchev–Trinajstić information content (AvgIpc) is 3.91. The van der Waals surface area contributed by atoms with Crippen molar-refractivity contribution in [1.29, 1.82) is 0 Å². The van der Waals surface area contributed by atoms with Gasteiger partial charge in [0, 0.05) is 11.1 Å². The van der Waals surface area contributed by atoms with Gasteiger partial charge in [0.15, 0.2) is 0 Å². The van der Waals surface area contributed by atoms with Gasteiger partial charge < -0.3 is 19.3 Å². The Morgan fingerprint density at radius 3 is 1.70 bits per heavy atom. The fourth-order valence-electron chi connectivity index (χ4n) is 7.13. The van der Waals surface area contributed by atoms with E-state index < -0.39 is 11.9 Å². The molecule has 0 atom stereocenters. The predicted octanol–water partition coefficient (Wildman–Crippen LogP) is 10.7. The number of benzene rings is 3. The largest absolute Gasteiger partial charge is 0.507 e. The molecule has 8 nitrogen and oxygen atoms in total. The normalized spacial score (nSPS) is 13.7. The van der Waals surface area contributed by atoms with E-state index in [1.807, 2.05) is 55.5 Å². The van der Waals surface area contributed by atoms with Gasteiger partial charge in [-0.15, -0.1) is 0 Å². The molecular formula is C47H47FN2O6. The van der Waals surface area contributed by atoms with Crippen molar-refractivity contribution in [2.24, 2.45) is 0 Å². The number of rotatable bonds is 11. The maximum Gasteiger partial charge on any atom is 0.356 e. The van der Waals surface area contributed by atoms with E-state index in [-0.39, 0.29) is 11.6 Å². The molecule has 0 saturated carbocycles. The highest BCUT2D eigenvalue weighted by Gasteiger charge is 2.24. The first kappa shape index (κ1) is 39.6. The summed E-state index contributed by atoms with van der Waals surface area (Å²) >= 11 is 0. The van der Waals surface area contributed by atoms with Crippen molar-refractivity contribution in [2.75, 3.05) is 13.2 Å². The summed E-state index contributed by atoms with van der Waals surface area (Å²) in [5, 5.41) is 10.2. The summed E-state index contributed by atoms with van der Waals surface area (Å²) in [6.45, 7) is 8.63. The van der Waals surface area contributed by atoms with E-state index in [9.17, 15) is 19.1 Å². The van der Waals surface area contributed by atoms with Gasteiger partial charge in [0.05, 0.1) is 24.6 Å². The number of aryl methyl sites for hydroxylation is 2. The molecule has 3 aromatic carbocycles. The van der Waals surface area contributed by atoms with E-state index in [2.05, 4.69) is 23.0 Å². The van der Waals surface area contributed by atoms with Crippen LogP contribution in [0.15, 0.2) is 97.1 Å². The molecule has 0 radical (unpaired) electrons. The fourth-order valence-corrected chi connectivity index (χ4v) is 7.13. The Bertz CT molecular complexity index is 2280. The highest BCUT2D eigenvalue weighted by atomic mass is 19.1. The quantitative estimate of drug-likeness (QED) is 0.133. The van der Waals surface area contributed by atoms with E-state index >= 15 is 0 Å². The molecule has 2 aliphatic carbocycles. The van der Waals surface area contributed by atoms with Crippen LogP contribution in [0.1, 0.15) is 113 Å². The van der Waals surface area contributed by atoms with Gasteiger partial charge in [-0.25, -0.2) is 23.9 Å². The summed E-state index contributed by atoms with van der Waals surface area (Å²) in [5.74, 6) is 0.00164. The molecule has 0 spiro atoms. The Morgan fingerprint density at radius 1 is 0.643 bits per heavy atom. The second-order valence-electron chi connectivity index (χ2n) is 13.8. The van der Waals surface area contributed by atoms with E-state index in [0.717, 1.165) is 100 Å². The SMILES string of the molecule is CCOC(=O)c1cccc(C2=C(c3cc(C)ccc3O)CCC2)n1.CCOC(=O)c1cccc(C2=C(c3cc(C)ccc3OCc3ccc(F)cc3)CCC2)n1. The van der Waals surface area contributed by atoms with Crippen LogP contribution in [0.25, 0.3) is 22.3 Å². The number of carbonyl (C=O) groups is 2. The monoisotopic (exact) mass is 754 g/mol. The summed E-state index contributed by atoms with van der Waals surface area (Å²) in [5.41, 5.74) is 11.8. The predicted molar refractivity (Wildman–Crippen MR) is 216 cm³/mol. The van der Waals surface area contributed by atoms with E-state index in [0.29, 0.717) is 31.2 Å². The molecule has 0 saturated heterocycles. The fraction of sp³-hybridized carbons (Fsp3) is 0.277. The molecule has 0 fully saturated rings. The lowest BCUT2D eigenvalue weighted by Crippen LogP contribution is -2.08. The number of pyridine rings is 2. The van der Waals surface area contributed by atoms with Crippen LogP contribution in [0.4, 0.5) is 4.39 Å². The van der Waals surface area contributed by atoms with Gasteiger partial charge in [-0.1, -0.05) is 47.5 Å². The molecule has 7 rings (SSSR count). The van der Waals surface area contributed by atoms with Crippen LogP contribution in [-0.4, -0.2) is 40.2 Å². The maximum atomic E-state index is 13.2. The third-order valence-electron chi connectivity index (χ3n) is 9.77. The number of carbonyl (C=O) groups excluding carboxylic acids is 2. The lowest BCUT2D eigenvalue weighted by Gasteiger charge is -2.15. The van der Waals surface area contributed by atoms with Crippen molar-refractivity contribution >= 4 is 34.2 Å². The molecule has 0 bridgehead atoms. The summed E-state index contributed by atoms with van der Waals surface area (Å²) in [7, 11) is 0. The number of phenols is 1. The van der Waals surface area contributed by atoms with Crippen LogP contribution < -0.4 is 4.74 Å². The zero-order valence-corrected chi connectivity index (χ0v) is 32.4. The Labute approximate surface area is 327 Å². The minimum Gasteiger partial charge on any atom is -0.507 e. The van der Waals surface area contributed by atoms with Crippen molar-refractivity contribution in [1.82, 2.24) is 9.97 Å². The van der Waals surface area contributed by atoms with Crippen LogP contribution in [0, 0.1) is 19.7 Å². The summed E-state index contributed by atoms with van der Waals surface area (Å²) in [4.78, 5) is 33.2. The number of hydrogen-bond acceptors (Lipinski definition) is 8. The van der Waals surface area contributed by atoms with Gasteiger partial charge in [-0.3, -0.25) is 0 Å². The maximum absolute atomic E-state index is 13.2. The molecule has 2 aromatic heterocycles. The number of esters is 2. The topological polar surface area (TPSA) is 108 Å². The summed E-state index contributed by atoms with van der Waals surface area (Å²) < 4.78 is 29.5. The molecule has 288 valence electrons. The van der Waals surface area contributed by atoms with Crippen LogP contribution in [0.5, 0.6) is 11.5 Å². The van der Waals surface area contributed by atoms with E-state index in [4.69, 9.17) is 14.2 Å². The standard InChI is InChI=1S/C27H26FNO3.C20H21NO3/c1-3-31-27(30)25-9-5-8-24(29-25)22-7-4-6-21(22)23-16-18(2)10-15-26(23)32-17-19-11-13-20(28)14-12-19;1-3-24-20(23)18-9-5-8-17(21-18)15-7-4-6-14(15)16-12-13(2)10-11-19(16)22/h5,8-16H,3-4,6-7,17H2,1-2H3;5,8-12,22H,3-4,6-7H2,1-2H3. The minimum atomic E-state index is -0.409. The van der Waals surface area contributed by atoms with E-state index in [1.165, 1.54) is 17.7 Å². The Hall–Kier alpha value is -6.09. The second kappa shape index (κ2) is 18.5. The van der Waals surface area contributed by atoms with Crippen LogP contribution in [0.3, 0.4) is 0 Å². The van der Waals surface area contributed by atoms with Crippen LogP contribution in [0.2, 0.25) is 0 Å². The molecule has 5 aromatic rings. The van der Waals surface area contributed by atoms with Gasteiger partial charge in [-0.2, -0.15) is 0 Å². The first-order valence-corrected chi connectivity index (χ1v) is 19.2. The Balaban J connectivity index is 0.000000198. The zero-order valence-electron chi connectivity index (χ0n) is 32.4. The molecule has 0 amide bonds. The van der Waals surface area contributed by atoms with Crippen molar-refractivity contribution < 1.29 is 33.3 Å². The van der Waals surface area contributed by atoms with E-state index in [1.54, 1.807) is 44.2 Å². The number of nitrogens with zero attached hydrogens (tertiary/aromatic N) is 2. The number of phenolic OH excluding ortho intramolecular Hbond substituents is 1. The first-order chi connectivity index (χ1) is 27.1. The van der Waals surface area contributed by atoms with Crippen molar-refractivity contribution in [3.05, 3.63) is 153 Å². The van der Waals surface area contributed by atoms with Gasteiger partial charge in [0.1, 0.15) is 35.3 Å². The average molecular weight is 755 g/mol. The van der Waals surface area contributed by atoms with Gasteiger partial charge in [-0.05, 0) is 155 Å². The van der Waals surface area contributed by atoms with Crippen molar-refractivity contribution in [3.8, 4) is 11.5 Å². The molecule has 9 heteroatoms. The lowest BCUT2D eigenvalue weighted by atomic mass is 9.97. The Kier molecular flexibility index (Phi) is 13.1. The molecule has 0 unspecified atom stereocenters. The van der Waals surface area contributed by atoms with Gasteiger partial charge in [0.2, 0.25) is 0 Å². The zero-order chi connectivity index (χ0) is 39.6. The minimum absolute atomic E-state index is 0.261. The highest BCUT2D eigenvalue weighted by Crippen LogP contribution is 2.44. The molecule has 2 heterocycles. The third-order valence-corrected chi connectivity index (χ3v) is 9.77. The van der Waals surface area contributed by atoms with Crippen LogP contribution >= 0.6 is 0 Å². The third kappa shape index (κ3) is 9.58. The lowest BCUT2D eigenvalue weighted by molar-refractivity contribution is 0.0510. The molecular weight excluding hydrogens is 708 g/mol. The second-order valence-corrected chi connectivity index (χ2v) is 13.8.